The fourth-order valence-corrected chi connectivity index (χ4v) is 1.67. The van der Waals surface area contributed by atoms with Gasteiger partial charge in [-0.15, -0.1) is 0 Å². The van der Waals surface area contributed by atoms with E-state index in [9.17, 15) is 4.79 Å². The lowest BCUT2D eigenvalue weighted by Crippen LogP contribution is -2.06. The van der Waals surface area contributed by atoms with Crippen LogP contribution in [-0.2, 0) is 0 Å². The maximum absolute atomic E-state index is 11.6. The van der Waals surface area contributed by atoms with Gasteiger partial charge in [0.05, 0.1) is 0 Å². The smallest absolute Gasteiger partial charge is 0.255 e. The zero-order chi connectivity index (χ0) is 11.0. The summed E-state index contributed by atoms with van der Waals surface area (Å²) in [6.45, 7) is 7.79. The average molecular weight is 199 g/mol. The SMILES string of the molecule is C=C(C)c1ccc2c(C)c[nH]c(=O)c2c1. The predicted molar refractivity (Wildman–Crippen MR) is 64.0 cm³/mol. The lowest BCUT2D eigenvalue weighted by Gasteiger charge is -2.04. The van der Waals surface area contributed by atoms with E-state index in [-0.39, 0.29) is 5.56 Å². The Morgan fingerprint density at radius 3 is 2.73 bits per heavy atom. The van der Waals surface area contributed by atoms with E-state index < -0.39 is 0 Å². The summed E-state index contributed by atoms with van der Waals surface area (Å²) in [6.07, 6.45) is 1.74. The van der Waals surface area contributed by atoms with Gasteiger partial charge in [-0.3, -0.25) is 4.79 Å². The van der Waals surface area contributed by atoms with Crippen molar-refractivity contribution in [3.8, 4) is 0 Å². The standard InChI is InChI=1S/C13H13NO/c1-8(2)10-4-5-11-9(3)7-14-13(15)12(11)6-10/h4-7H,1H2,2-3H3,(H,14,15). The van der Waals surface area contributed by atoms with Crippen molar-refractivity contribution in [3.05, 3.63) is 52.5 Å². The number of hydrogen-bond donors (Lipinski definition) is 1. The number of aryl methyl sites for hydroxylation is 1. The minimum absolute atomic E-state index is 0.0429. The molecule has 0 aliphatic heterocycles. The molecular formula is C13H13NO. The third kappa shape index (κ3) is 1.59. The van der Waals surface area contributed by atoms with Gasteiger partial charge in [-0.1, -0.05) is 24.3 Å². The second-order valence-electron chi connectivity index (χ2n) is 3.84. The minimum atomic E-state index is -0.0429. The first-order valence-corrected chi connectivity index (χ1v) is 4.87. The normalized spacial score (nSPS) is 10.5. The number of aromatic amines is 1. The Kier molecular flexibility index (Phi) is 2.19. The number of benzene rings is 1. The Morgan fingerprint density at radius 2 is 2.07 bits per heavy atom. The average Bonchev–Trinajstić information content (AvgIpc) is 2.23. The van der Waals surface area contributed by atoms with Crippen LogP contribution in [0, 0.1) is 6.92 Å². The molecule has 2 heteroatoms. The van der Waals surface area contributed by atoms with Crippen molar-refractivity contribution in [2.24, 2.45) is 0 Å². The van der Waals surface area contributed by atoms with Gasteiger partial charge in [-0.2, -0.15) is 0 Å². The van der Waals surface area contributed by atoms with E-state index in [0.29, 0.717) is 0 Å². The lowest BCUT2D eigenvalue weighted by atomic mass is 10.0. The van der Waals surface area contributed by atoms with Gasteiger partial charge in [0.1, 0.15) is 0 Å². The number of rotatable bonds is 1. The molecule has 1 aromatic heterocycles. The van der Waals surface area contributed by atoms with Crippen molar-refractivity contribution in [3.63, 3.8) is 0 Å². The summed E-state index contributed by atoms with van der Waals surface area (Å²) in [5, 5.41) is 1.74. The van der Waals surface area contributed by atoms with Crippen molar-refractivity contribution in [2.75, 3.05) is 0 Å². The molecule has 1 N–H and O–H groups in total. The molecule has 0 atom stereocenters. The molecule has 0 unspecified atom stereocenters. The van der Waals surface area contributed by atoms with E-state index in [1.165, 1.54) is 0 Å². The molecule has 15 heavy (non-hydrogen) atoms. The van der Waals surface area contributed by atoms with Gasteiger partial charge in [0, 0.05) is 11.6 Å². The summed E-state index contributed by atoms with van der Waals surface area (Å²) in [6, 6.07) is 5.87. The van der Waals surface area contributed by atoms with Crippen LogP contribution in [0.3, 0.4) is 0 Å². The van der Waals surface area contributed by atoms with Gasteiger partial charge >= 0.3 is 0 Å². The van der Waals surface area contributed by atoms with E-state index in [1.807, 2.05) is 32.0 Å². The molecule has 0 radical (unpaired) electrons. The first-order valence-electron chi connectivity index (χ1n) is 4.87. The highest BCUT2D eigenvalue weighted by molar-refractivity contribution is 5.87. The highest BCUT2D eigenvalue weighted by Gasteiger charge is 2.02. The van der Waals surface area contributed by atoms with Crippen molar-refractivity contribution in [2.45, 2.75) is 13.8 Å². The van der Waals surface area contributed by atoms with E-state index in [1.54, 1.807) is 6.20 Å². The summed E-state index contributed by atoms with van der Waals surface area (Å²) in [5.41, 5.74) is 3.02. The molecule has 1 aromatic carbocycles. The van der Waals surface area contributed by atoms with Crippen molar-refractivity contribution in [1.82, 2.24) is 4.98 Å². The maximum atomic E-state index is 11.6. The molecule has 0 amide bonds. The summed E-state index contributed by atoms with van der Waals surface area (Å²) >= 11 is 0. The summed E-state index contributed by atoms with van der Waals surface area (Å²) in [4.78, 5) is 14.3. The van der Waals surface area contributed by atoms with Gasteiger partial charge in [-0.25, -0.2) is 0 Å². The fourth-order valence-electron chi connectivity index (χ4n) is 1.67. The Hall–Kier alpha value is -1.83. The van der Waals surface area contributed by atoms with Gasteiger partial charge in [-0.05, 0) is 36.4 Å². The molecule has 0 saturated carbocycles. The predicted octanol–water partition coefficient (Wildman–Crippen LogP) is 2.87. The van der Waals surface area contributed by atoms with E-state index >= 15 is 0 Å². The second-order valence-corrected chi connectivity index (χ2v) is 3.84. The third-order valence-electron chi connectivity index (χ3n) is 2.60. The summed E-state index contributed by atoms with van der Waals surface area (Å²) in [7, 11) is 0. The van der Waals surface area contributed by atoms with Gasteiger partial charge in [0.15, 0.2) is 0 Å². The van der Waals surface area contributed by atoms with Crippen molar-refractivity contribution in [1.29, 1.82) is 0 Å². The quantitative estimate of drug-likeness (QED) is 0.752. The van der Waals surface area contributed by atoms with Crippen LogP contribution in [0.4, 0.5) is 0 Å². The van der Waals surface area contributed by atoms with Crippen LogP contribution in [0.1, 0.15) is 18.1 Å². The van der Waals surface area contributed by atoms with Crippen LogP contribution in [0.5, 0.6) is 0 Å². The van der Waals surface area contributed by atoms with Crippen molar-refractivity contribution < 1.29 is 0 Å². The number of nitrogens with one attached hydrogen (secondary N) is 1. The highest BCUT2D eigenvalue weighted by Crippen LogP contribution is 2.19. The highest BCUT2D eigenvalue weighted by atomic mass is 16.1. The monoisotopic (exact) mass is 199 g/mol. The minimum Gasteiger partial charge on any atom is -0.328 e. The molecule has 0 aliphatic rings. The summed E-state index contributed by atoms with van der Waals surface area (Å²) < 4.78 is 0. The Balaban J connectivity index is 2.87. The number of aromatic nitrogens is 1. The largest absolute Gasteiger partial charge is 0.328 e. The number of pyridine rings is 1. The molecular weight excluding hydrogens is 186 g/mol. The van der Waals surface area contributed by atoms with Crippen LogP contribution in [0.15, 0.2) is 35.8 Å². The molecule has 0 aliphatic carbocycles. The number of H-pyrrole nitrogens is 1. The molecule has 0 saturated heterocycles. The van der Waals surface area contributed by atoms with Crippen LogP contribution < -0.4 is 5.56 Å². The molecule has 0 bridgehead atoms. The first kappa shape index (κ1) is 9.71. The lowest BCUT2D eigenvalue weighted by molar-refractivity contribution is 1.24. The van der Waals surface area contributed by atoms with Crippen molar-refractivity contribution >= 4 is 16.3 Å². The fraction of sp³-hybridized carbons (Fsp3) is 0.154. The summed E-state index contributed by atoms with van der Waals surface area (Å²) in [5.74, 6) is 0. The molecule has 2 rings (SSSR count). The molecule has 2 aromatic rings. The zero-order valence-corrected chi connectivity index (χ0v) is 8.92. The number of allylic oxidation sites excluding steroid dienone is 1. The van der Waals surface area contributed by atoms with Gasteiger partial charge in [0.25, 0.3) is 5.56 Å². The zero-order valence-electron chi connectivity index (χ0n) is 8.92. The molecule has 0 spiro atoms. The van der Waals surface area contributed by atoms with Gasteiger partial charge < -0.3 is 4.98 Å². The Morgan fingerprint density at radius 1 is 1.33 bits per heavy atom. The van der Waals surface area contributed by atoms with Crippen LogP contribution in [-0.4, -0.2) is 4.98 Å². The number of fused-ring (bicyclic) bond motifs is 1. The topological polar surface area (TPSA) is 32.9 Å². The Bertz CT molecular complexity index is 593. The molecule has 2 nitrogen and oxygen atoms in total. The van der Waals surface area contributed by atoms with E-state index in [2.05, 4.69) is 11.6 Å². The van der Waals surface area contributed by atoms with Crippen LogP contribution >= 0.6 is 0 Å². The van der Waals surface area contributed by atoms with E-state index in [0.717, 1.165) is 27.5 Å². The molecule has 0 fully saturated rings. The van der Waals surface area contributed by atoms with Crippen LogP contribution in [0.25, 0.3) is 16.3 Å². The van der Waals surface area contributed by atoms with E-state index in [4.69, 9.17) is 0 Å². The first-order chi connectivity index (χ1) is 7.09. The second kappa shape index (κ2) is 3.39. The third-order valence-corrected chi connectivity index (χ3v) is 2.60. The van der Waals surface area contributed by atoms with Gasteiger partial charge in [0.2, 0.25) is 0 Å². The van der Waals surface area contributed by atoms with Crippen LogP contribution in [0.2, 0.25) is 0 Å². The molecule has 76 valence electrons. The Labute approximate surface area is 88.3 Å². The maximum Gasteiger partial charge on any atom is 0.255 e. The number of hydrogen-bond acceptors (Lipinski definition) is 1. The molecule has 1 heterocycles.